The van der Waals surface area contributed by atoms with Gasteiger partial charge < -0.3 is 9.84 Å². The van der Waals surface area contributed by atoms with Gasteiger partial charge in [-0.3, -0.25) is 9.59 Å². The van der Waals surface area contributed by atoms with Crippen LogP contribution in [0.2, 0.25) is 0 Å². The lowest BCUT2D eigenvalue weighted by molar-refractivity contribution is -0.134. The molecule has 0 aliphatic rings. The molecule has 2 aromatic rings. The van der Waals surface area contributed by atoms with Gasteiger partial charge in [-0.25, -0.2) is 4.79 Å². The van der Waals surface area contributed by atoms with E-state index < -0.39 is 11.9 Å². The lowest BCUT2D eigenvalue weighted by Crippen LogP contribution is -2.16. The van der Waals surface area contributed by atoms with Gasteiger partial charge in [0.15, 0.2) is 0 Å². The zero-order valence-electron chi connectivity index (χ0n) is 21.6. The number of benzene rings is 2. The number of aryl methyl sites for hydroxylation is 3. The minimum atomic E-state index is -0.992. The van der Waals surface area contributed by atoms with Crippen LogP contribution in [0.5, 0.6) is 5.75 Å². The van der Waals surface area contributed by atoms with Crippen molar-refractivity contribution >= 4 is 17.7 Å². The summed E-state index contributed by atoms with van der Waals surface area (Å²) >= 11 is 0. The van der Waals surface area contributed by atoms with Gasteiger partial charge in [0.25, 0.3) is 0 Å². The van der Waals surface area contributed by atoms with Crippen molar-refractivity contribution in [1.29, 1.82) is 0 Å². The fourth-order valence-electron chi connectivity index (χ4n) is 3.94. The predicted octanol–water partition coefficient (Wildman–Crippen LogP) is 6.65. The molecule has 0 aliphatic carbocycles. The number of rotatable bonds is 11. The topological polar surface area (TPSA) is 80.7 Å². The van der Waals surface area contributed by atoms with Crippen molar-refractivity contribution in [3.63, 3.8) is 0 Å². The van der Waals surface area contributed by atoms with Crippen molar-refractivity contribution in [2.45, 2.75) is 66.7 Å². The average Bonchev–Trinajstić information content (AvgIpc) is 2.78. The maximum atomic E-state index is 12.4. The van der Waals surface area contributed by atoms with Gasteiger partial charge in [0, 0.05) is 17.4 Å². The Hall–Kier alpha value is -3.47. The molecule has 0 spiro atoms. The Bertz CT molecular complexity index is 1120. The largest absolute Gasteiger partial charge is 0.478 e. The summed E-state index contributed by atoms with van der Waals surface area (Å²) in [6.45, 7) is 11.1. The van der Waals surface area contributed by atoms with Crippen molar-refractivity contribution in [1.82, 2.24) is 0 Å². The average molecular weight is 477 g/mol. The van der Waals surface area contributed by atoms with Gasteiger partial charge in [-0.1, -0.05) is 60.5 Å². The lowest BCUT2D eigenvalue weighted by Gasteiger charge is -2.22. The molecule has 5 heteroatoms. The summed E-state index contributed by atoms with van der Waals surface area (Å²) in [5.74, 6) is -1.51. The van der Waals surface area contributed by atoms with Gasteiger partial charge >= 0.3 is 11.9 Å². The first-order valence-electron chi connectivity index (χ1n) is 11.9. The number of carboxylic acid groups (broad SMARTS) is 1. The SMILES string of the molecule is CC(=O)[C@@H](C)C/C(C)=C(/C(=O)O)C(CC=CCC(=O)Oc1ccc(C)cc1)c1ccc(C)c(C)c1. The lowest BCUT2D eigenvalue weighted by atomic mass is 9.82. The van der Waals surface area contributed by atoms with Gasteiger partial charge in [-0.2, -0.15) is 0 Å². The van der Waals surface area contributed by atoms with Crippen molar-refractivity contribution in [2.24, 2.45) is 5.92 Å². The second-order valence-electron chi connectivity index (χ2n) is 9.31. The van der Waals surface area contributed by atoms with Crippen LogP contribution < -0.4 is 4.74 Å². The Balaban J connectivity index is 2.27. The molecule has 186 valence electrons. The summed E-state index contributed by atoms with van der Waals surface area (Å²) in [6.07, 6.45) is 4.44. The molecule has 0 radical (unpaired) electrons. The number of Topliss-reactive ketones (excluding diaryl/α,β-unsaturated/α-hetero) is 1. The number of carbonyl (C=O) groups is 3. The number of hydrogen-bond acceptors (Lipinski definition) is 4. The van der Waals surface area contributed by atoms with Crippen LogP contribution in [0, 0.1) is 26.7 Å². The molecule has 2 atom stereocenters. The highest BCUT2D eigenvalue weighted by atomic mass is 16.5. The number of carboxylic acids is 1. The van der Waals surface area contributed by atoms with E-state index in [0.29, 0.717) is 29.7 Å². The van der Waals surface area contributed by atoms with Crippen LogP contribution in [0.3, 0.4) is 0 Å². The fourth-order valence-corrected chi connectivity index (χ4v) is 3.94. The van der Waals surface area contributed by atoms with Gasteiger partial charge in [0.05, 0.1) is 6.42 Å². The van der Waals surface area contributed by atoms with E-state index in [2.05, 4.69) is 0 Å². The van der Waals surface area contributed by atoms with E-state index in [4.69, 9.17) is 4.74 Å². The van der Waals surface area contributed by atoms with Gasteiger partial charge in [0.2, 0.25) is 0 Å². The first-order valence-corrected chi connectivity index (χ1v) is 11.9. The molecule has 0 saturated carbocycles. The molecule has 0 bridgehead atoms. The molecule has 2 rings (SSSR count). The maximum absolute atomic E-state index is 12.4. The monoisotopic (exact) mass is 476 g/mol. The summed E-state index contributed by atoms with van der Waals surface area (Å²) in [5.41, 5.74) is 5.18. The molecule has 0 saturated heterocycles. The fraction of sp³-hybridized carbons (Fsp3) is 0.367. The smallest absolute Gasteiger partial charge is 0.332 e. The highest BCUT2D eigenvalue weighted by Gasteiger charge is 2.25. The van der Waals surface area contributed by atoms with Crippen molar-refractivity contribution < 1.29 is 24.2 Å². The number of carbonyl (C=O) groups excluding carboxylic acids is 2. The van der Waals surface area contributed by atoms with Gasteiger partial charge in [-0.05, 0) is 76.3 Å². The minimum Gasteiger partial charge on any atom is -0.478 e. The van der Waals surface area contributed by atoms with Crippen LogP contribution in [-0.2, 0) is 14.4 Å². The van der Waals surface area contributed by atoms with Crippen molar-refractivity contribution in [3.8, 4) is 5.75 Å². The molecular formula is C30H36O5. The third kappa shape index (κ3) is 8.36. The number of ether oxygens (including phenoxy) is 1. The zero-order chi connectivity index (χ0) is 26.1. The first kappa shape index (κ1) is 27.8. The molecule has 0 amide bonds. The molecule has 35 heavy (non-hydrogen) atoms. The van der Waals surface area contributed by atoms with Crippen LogP contribution in [-0.4, -0.2) is 22.8 Å². The Labute approximate surface area is 208 Å². The normalized spacial score (nSPS) is 13.8. The highest BCUT2D eigenvalue weighted by molar-refractivity contribution is 5.90. The van der Waals surface area contributed by atoms with E-state index in [-0.39, 0.29) is 24.1 Å². The van der Waals surface area contributed by atoms with Crippen LogP contribution in [0.15, 0.2) is 65.8 Å². The summed E-state index contributed by atoms with van der Waals surface area (Å²) in [5, 5.41) is 10.1. The Kier molecular flexibility index (Phi) is 10.2. The van der Waals surface area contributed by atoms with Crippen LogP contribution in [0.25, 0.3) is 0 Å². The number of ketones is 1. The van der Waals surface area contributed by atoms with E-state index in [1.54, 1.807) is 25.1 Å². The van der Waals surface area contributed by atoms with Crippen molar-refractivity contribution in [2.75, 3.05) is 0 Å². The summed E-state index contributed by atoms with van der Waals surface area (Å²) in [6, 6.07) is 13.2. The predicted molar refractivity (Wildman–Crippen MR) is 139 cm³/mol. The van der Waals surface area contributed by atoms with Crippen LogP contribution >= 0.6 is 0 Å². The first-order chi connectivity index (χ1) is 16.5. The second-order valence-corrected chi connectivity index (χ2v) is 9.31. The number of esters is 1. The summed E-state index contributed by atoms with van der Waals surface area (Å²) in [4.78, 5) is 36.4. The van der Waals surface area contributed by atoms with E-state index in [1.165, 1.54) is 6.92 Å². The molecule has 0 aromatic heterocycles. The second kappa shape index (κ2) is 12.8. The molecule has 5 nitrogen and oxygen atoms in total. The van der Waals surface area contributed by atoms with E-state index in [0.717, 1.165) is 22.3 Å². The summed E-state index contributed by atoms with van der Waals surface area (Å²) < 4.78 is 5.35. The minimum absolute atomic E-state index is 0.0313. The van der Waals surface area contributed by atoms with E-state index >= 15 is 0 Å². The number of allylic oxidation sites excluding steroid dienone is 2. The van der Waals surface area contributed by atoms with Crippen molar-refractivity contribution in [3.05, 3.63) is 88.0 Å². The molecule has 1 N–H and O–H groups in total. The molecular weight excluding hydrogens is 440 g/mol. The van der Waals surface area contributed by atoms with Gasteiger partial charge in [-0.15, -0.1) is 0 Å². The quantitative estimate of drug-likeness (QED) is 0.170. The Morgan fingerprint density at radius 1 is 0.943 bits per heavy atom. The van der Waals surface area contributed by atoms with Crippen LogP contribution in [0.4, 0.5) is 0 Å². The maximum Gasteiger partial charge on any atom is 0.332 e. The third-order valence-electron chi connectivity index (χ3n) is 6.35. The third-order valence-corrected chi connectivity index (χ3v) is 6.35. The Morgan fingerprint density at radius 2 is 1.60 bits per heavy atom. The molecule has 0 heterocycles. The highest BCUT2D eigenvalue weighted by Crippen LogP contribution is 2.34. The summed E-state index contributed by atoms with van der Waals surface area (Å²) in [7, 11) is 0. The molecule has 0 aliphatic heterocycles. The number of aliphatic carboxylic acids is 1. The van der Waals surface area contributed by atoms with E-state index in [9.17, 15) is 19.5 Å². The zero-order valence-corrected chi connectivity index (χ0v) is 21.6. The van der Waals surface area contributed by atoms with Gasteiger partial charge in [0.1, 0.15) is 11.5 Å². The standard InChI is InChI=1S/C30H36O5/c1-19-11-15-26(16-12-19)35-28(32)10-8-7-9-27(25-14-13-20(2)21(3)18-25)29(30(33)34)23(5)17-22(4)24(6)31/h7-8,11-16,18,22,27H,9-10,17H2,1-6H3,(H,33,34)/b8-7?,29-23+/t22-,27?/m0/s1. The molecule has 2 aromatic carbocycles. The number of hydrogen-bond donors (Lipinski definition) is 1. The Morgan fingerprint density at radius 3 is 2.17 bits per heavy atom. The van der Waals surface area contributed by atoms with E-state index in [1.807, 2.05) is 64.1 Å². The van der Waals surface area contributed by atoms with Crippen LogP contribution in [0.1, 0.15) is 68.2 Å². The molecule has 1 unspecified atom stereocenters. The molecule has 0 fully saturated rings.